The third-order valence-corrected chi connectivity index (χ3v) is 3.39. The number of phenolic OH excluding ortho intramolecular Hbond substituents is 1. The molecule has 0 heterocycles. The first-order valence-corrected chi connectivity index (χ1v) is 7.55. The van der Waals surface area contributed by atoms with Crippen LogP contribution in [0.2, 0.25) is 10.0 Å². The summed E-state index contributed by atoms with van der Waals surface area (Å²) in [6.07, 6.45) is 1.25. The van der Waals surface area contributed by atoms with Gasteiger partial charge in [0.05, 0.1) is 12.8 Å². The molecule has 2 rings (SSSR count). The van der Waals surface area contributed by atoms with Gasteiger partial charge in [-0.1, -0.05) is 23.2 Å². The Balaban J connectivity index is 1.83. The molecule has 24 heavy (non-hydrogen) atoms. The van der Waals surface area contributed by atoms with Gasteiger partial charge in [0.15, 0.2) is 0 Å². The summed E-state index contributed by atoms with van der Waals surface area (Å²) in [4.78, 5) is 23.4. The summed E-state index contributed by atoms with van der Waals surface area (Å²) < 4.78 is 0. The molecule has 0 aliphatic heterocycles. The summed E-state index contributed by atoms with van der Waals surface area (Å²) >= 11 is 11.5. The molecule has 0 aliphatic carbocycles. The zero-order chi connectivity index (χ0) is 17.5. The van der Waals surface area contributed by atoms with Crippen molar-refractivity contribution in [2.75, 3.05) is 6.54 Å². The topological polar surface area (TPSA) is 90.8 Å². The fourth-order valence-electron chi connectivity index (χ4n) is 1.71. The van der Waals surface area contributed by atoms with Gasteiger partial charge in [0.2, 0.25) is 0 Å². The van der Waals surface area contributed by atoms with Gasteiger partial charge in [-0.2, -0.15) is 5.10 Å². The third-order valence-electron chi connectivity index (χ3n) is 2.90. The zero-order valence-electron chi connectivity index (χ0n) is 12.3. The van der Waals surface area contributed by atoms with Crippen molar-refractivity contribution >= 4 is 41.2 Å². The average Bonchev–Trinajstić information content (AvgIpc) is 2.56. The lowest BCUT2D eigenvalue weighted by atomic mass is 10.2. The molecule has 124 valence electrons. The summed E-state index contributed by atoms with van der Waals surface area (Å²) in [5.74, 6) is -0.943. The van der Waals surface area contributed by atoms with Gasteiger partial charge in [-0.3, -0.25) is 9.59 Å². The second-order valence-electron chi connectivity index (χ2n) is 4.69. The standard InChI is InChI=1S/C16H13Cl2N3O3/c17-12-3-1-10(2-4-12)16(24)19-9-15(23)21-20-8-11-7-13(18)5-6-14(11)22/h1-8,22H,9H2,(H,19,24)(H,21,23). The van der Waals surface area contributed by atoms with E-state index in [0.717, 1.165) is 0 Å². The SMILES string of the molecule is O=C(CNC(=O)c1ccc(Cl)cc1)NN=Cc1cc(Cl)ccc1O. The van der Waals surface area contributed by atoms with E-state index in [0.29, 0.717) is 21.2 Å². The second kappa shape index (κ2) is 8.33. The number of phenols is 1. The number of hydrogen-bond acceptors (Lipinski definition) is 4. The Kier molecular flexibility index (Phi) is 6.17. The molecule has 0 bridgehead atoms. The molecule has 2 amide bonds. The Labute approximate surface area is 148 Å². The molecule has 0 unspecified atom stereocenters. The quantitative estimate of drug-likeness (QED) is 0.561. The molecule has 8 heteroatoms. The van der Waals surface area contributed by atoms with E-state index < -0.39 is 11.8 Å². The number of amides is 2. The predicted molar refractivity (Wildman–Crippen MR) is 92.6 cm³/mol. The van der Waals surface area contributed by atoms with E-state index in [1.807, 2.05) is 0 Å². The van der Waals surface area contributed by atoms with E-state index in [1.54, 1.807) is 24.3 Å². The molecule has 0 saturated heterocycles. The molecule has 0 saturated carbocycles. The summed E-state index contributed by atoms with van der Waals surface area (Å²) in [6, 6.07) is 10.7. The van der Waals surface area contributed by atoms with Crippen molar-refractivity contribution in [3.05, 3.63) is 63.6 Å². The van der Waals surface area contributed by atoms with Crippen LogP contribution in [0.15, 0.2) is 47.6 Å². The lowest BCUT2D eigenvalue weighted by Gasteiger charge is -2.04. The van der Waals surface area contributed by atoms with Crippen LogP contribution >= 0.6 is 23.2 Å². The second-order valence-corrected chi connectivity index (χ2v) is 5.56. The normalized spacial score (nSPS) is 10.6. The summed E-state index contributed by atoms with van der Waals surface area (Å²) in [5, 5.41) is 16.7. The molecule has 0 fully saturated rings. The lowest BCUT2D eigenvalue weighted by Crippen LogP contribution is -2.34. The highest BCUT2D eigenvalue weighted by atomic mass is 35.5. The molecule has 0 aliphatic rings. The number of hydrazone groups is 1. The first-order valence-electron chi connectivity index (χ1n) is 6.80. The van der Waals surface area contributed by atoms with Crippen LogP contribution in [0.25, 0.3) is 0 Å². The number of carbonyl (C=O) groups is 2. The number of hydrogen-bond donors (Lipinski definition) is 3. The van der Waals surface area contributed by atoms with Crippen molar-refractivity contribution in [2.45, 2.75) is 0 Å². The van der Waals surface area contributed by atoms with Crippen molar-refractivity contribution in [3.8, 4) is 5.75 Å². The maximum Gasteiger partial charge on any atom is 0.259 e. The fourth-order valence-corrected chi connectivity index (χ4v) is 2.01. The van der Waals surface area contributed by atoms with Gasteiger partial charge in [-0.05, 0) is 42.5 Å². The summed E-state index contributed by atoms with van der Waals surface area (Å²) in [6.45, 7) is -0.250. The number of nitrogens with zero attached hydrogens (tertiary/aromatic N) is 1. The van der Waals surface area contributed by atoms with Crippen molar-refractivity contribution in [3.63, 3.8) is 0 Å². The molecule has 6 nitrogen and oxygen atoms in total. The number of aromatic hydroxyl groups is 1. The number of nitrogens with one attached hydrogen (secondary N) is 2. The first kappa shape index (κ1) is 17.8. The van der Waals surface area contributed by atoms with Crippen LogP contribution in [0, 0.1) is 0 Å². The van der Waals surface area contributed by atoms with Crippen molar-refractivity contribution in [2.24, 2.45) is 5.10 Å². The molecule has 0 atom stereocenters. The monoisotopic (exact) mass is 365 g/mol. The molecular weight excluding hydrogens is 353 g/mol. The zero-order valence-corrected chi connectivity index (χ0v) is 13.8. The first-order chi connectivity index (χ1) is 11.5. The van der Waals surface area contributed by atoms with Crippen molar-refractivity contribution in [1.82, 2.24) is 10.7 Å². The van der Waals surface area contributed by atoms with E-state index in [2.05, 4.69) is 15.8 Å². The van der Waals surface area contributed by atoms with Gasteiger partial charge in [0, 0.05) is 21.2 Å². The fraction of sp³-hybridized carbons (Fsp3) is 0.0625. The minimum atomic E-state index is -0.518. The highest BCUT2D eigenvalue weighted by molar-refractivity contribution is 6.31. The van der Waals surface area contributed by atoms with Crippen LogP contribution in [-0.4, -0.2) is 29.7 Å². The maximum absolute atomic E-state index is 11.8. The van der Waals surface area contributed by atoms with E-state index in [9.17, 15) is 14.7 Å². The number of halogens is 2. The van der Waals surface area contributed by atoms with Crippen molar-refractivity contribution in [1.29, 1.82) is 0 Å². The Morgan fingerprint density at radius 3 is 2.46 bits per heavy atom. The van der Waals surface area contributed by atoms with Gasteiger partial charge in [-0.25, -0.2) is 5.43 Å². The predicted octanol–water partition coefficient (Wildman–Crippen LogP) is 2.58. The average molecular weight is 366 g/mol. The third kappa shape index (κ3) is 5.26. The molecule has 0 radical (unpaired) electrons. The molecule has 0 spiro atoms. The van der Waals surface area contributed by atoms with Gasteiger partial charge >= 0.3 is 0 Å². The van der Waals surface area contributed by atoms with E-state index in [-0.39, 0.29) is 12.3 Å². The minimum absolute atomic E-state index is 0.0200. The van der Waals surface area contributed by atoms with E-state index >= 15 is 0 Å². The van der Waals surface area contributed by atoms with E-state index in [1.165, 1.54) is 24.4 Å². The molecule has 3 N–H and O–H groups in total. The number of carbonyl (C=O) groups excluding carboxylic acids is 2. The van der Waals surface area contributed by atoms with Gasteiger partial charge in [-0.15, -0.1) is 0 Å². The maximum atomic E-state index is 11.8. The molecule has 0 aromatic heterocycles. The van der Waals surface area contributed by atoms with Crippen molar-refractivity contribution < 1.29 is 14.7 Å². The number of rotatable bonds is 5. The summed E-state index contributed by atoms with van der Waals surface area (Å²) in [5.41, 5.74) is 2.98. The smallest absolute Gasteiger partial charge is 0.259 e. The minimum Gasteiger partial charge on any atom is -0.507 e. The Bertz CT molecular complexity index is 777. The van der Waals surface area contributed by atoms with E-state index in [4.69, 9.17) is 23.2 Å². The van der Waals surface area contributed by atoms with Gasteiger partial charge < -0.3 is 10.4 Å². The number of benzene rings is 2. The Morgan fingerprint density at radius 1 is 1.08 bits per heavy atom. The Hall–Kier alpha value is -2.57. The molecule has 2 aromatic rings. The summed E-state index contributed by atoms with van der Waals surface area (Å²) in [7, 11) is 0. The van der Waals surface area contributed by atoms with Gasteiger partial charge in [0.25, 0.3) is 11.8 Å². The largest absolute Gasteiger partial charge is 0.507 e. The van der Waals surface area contributed by atoms with Crippen LogP contribution in [0.1, 0.15) is 15.9 Å². The highest BCUT2D eigenvalue weighted by Gasteiger charge is 2.07. The van der Waals surface area contributed by atoms with Gasteiger partial charge in [0.1, 0.15) is 5.75 Å². The lowest BCUT2D eigenvalue weighted by molar-refractivity contribution is -0.120. The highest BCUT2D eigenvalue weighted by Crippen LogP contribution is 2.19. The van der Waals surface area contributed by atoms with Crippen LogP contribution < -0.4 is 10.7 Å². The van der Waals surface area contributed by atoms with Crippen LogP contribution in [0.3, 0.4) is 0 Å². The molecular formula is C16H13Cl2N3O3. The molecule has 2 aromatic carbocycles. The Morgan fingerprint density at radius 2 is 1.75 bits per heavy atom. The van der Waals surface area contributed by atoms with Crippen LogP contribution in [0.5, 0.6) is 5.75 Å². The van der Waals surface area contributed by atoms with Crippen LogP contribution in [0.4, 0.5) is 0 Å². The van der Waals surface area contributed by atoms with Crippen LogP contribution in [-0.2, 0) is 4.79 Å².